The van der Waals surface area contributed by atoms with Crippen LogP contribution in [0.2, 0.25) is 0 Å². The minimum absolute atomic E-state index is 0.00703. The van der Waals surface area contributed by atoms with Crippen molar-refractivity contribution < 1.29 is 9.59 Å². The van der Waals surface area contributed by atoms with Crippen molar-refractivity contribution in [2.24, 2.45) is 0 Å². The van der Waals surface area contributed by atoms with Crippen molar-refractivity contribution in [3.8, 4) is 0 Å². The molecule has 1 atom stereocenters. The second-order valence-electron chi connectivity index (χ2n) is 4.26. The van der Waals surface area contributed by atoms with E-state index >= 15 is 0 Å². The highest BCUT2D eigenvalue weighted by atomic mass is 32.2. The first-order valence-corrected chi connectivity index (χ1v) is 6.80. The summed E-state index contributed by atoms with van der Waals surface area (Å²) in [5.41, 5.74) is 0. The largest absolute Gasteiger partial charge is 0.350 e. The van der Waals surface area contributed by atoms with Crippen molar-refractivity contribution in [1.82, 2.24) is 19.8 Å². The smallest absolute Gasteiger partial charge is 0.282 e. The SMILES string of the molecule is CC(Cn1ccnc1)NC(=O)CN1CCSC1=O. The zero-order valence-electron chi connectivity index (χ0n) is 10.2. The van der Waals surface area contributed by atoms with E-state index in [4.69, 9.17) is 0 Å². The van der Waals surface area contributed by atoms with Crippen LogP contribution in [0.25, 0.3) is 0 Å². The van der Waals surface area contributed by atoms with Gasteiger partial charge in [-0.1, -0.05) is 11.8 Å². The first-order chi connectivity index (χ1) is 8.65. The van der Waals surface area contributed by atoms with Crippen molar-refractivity contribution >= 4 is 22.9 Å². The summed E-state index contributed by atoms with van der Waals surface area (Å²) in [4.78, 5) is 28.6. The van der Waals surface area contributed by atoms with Crippen LogP contribution >= 0.6 is 11.8 Å². The van der Waals surface area contributed by atoms with E-state index in [9.17, 15) is 9.59 Å². The van der Waals surface area contributed by atoms with E-state index in [1.807, 2.05) is 17.7 Å². The number of carbonyl (C=O) groups excluding carboxylic acids is 2. The van der Waals surface area contributed by atoms with E-state index in [1.54, 1.807) is 17.4 Å². The highest BCUT2D eigenvalue weighted by Crippen LogP contribution is 2.16. The standard InChI is InChI=1S/C11H16N4O2S/c1-9(6-14-3-2-12-8-14)13-10(16)7-15-4-5-18-11(15)17/h2-3,8-9H,4-7H2,1H3,(H,13,16). The Kier molecular flexibility index (Phi) is 4.24. The van der Waals surface area contributed by atoms with Crippen molar-refractivity contribution in [2.75, 3.05) is 18.8 Å². The van der Waals surface area contributed by atoms with Crippen LogP contribution < -0.4 is 5.32 Å². The number of hydrogen-bond acceptors (Lipinski definition) is 4. The van der Waals surface area contributed by atoms with Gasteiger partial charge < -0.3 is 14.8 Å². The van der Waals surface area contributed by atoms with Gasteiger partial charge in [-0.2, -0.15) is 0 Å². The molecule has 1 N–H and O–H groups in total. The van der Waals surface area contributed by atoms with Gasteiger partial charge in [0.2, 0.25) is 5.91 Å². The summed E-state index contributed by atoms with van der Waals surface area (Å²) in [6.45, 7) is 3.42. The Bertz CT molecular complexity index is 421. The summed E-state index contributed by atoms with van der Waals surface area (Å²) in [6, 6.07) is 0.0112. The van der Waals surface area contributed by atoms with Gasteiger partial charge >= 0.3 is 0 Å². The molecule has 1 unspecified atom stereocenters. The van der Waals surface area contributed by atoms with Crippen LogP contribution in [-0.2, 0) is 11.3 Å². The molecule has 1 aliphatic rings. The van der Waals surface area contributed by atoms with Gasteiger partial charge in [-0.15, -0.1) is 0 Å². The summed E-state index contributed by atoms with van der Waals surface area (Å²) >= 11 is 1.26. The van der Waals surface area contributed by atoms with Crippen molar-refractivity contribution in [2.45, 2.75) is 19.5 Å². The van der Waals surface area contributed by atoms with Gasteiger partial charge in [0.05, 0.1) is 6.33 Å². The predicted molar refractivity (Wildman–Crippen MR) is 69.3 cm³/mol. The third-order valence-electron chi connectivity index (χ3n) is 2.63. The van der Waals surface area contributed by atoms with Gasteiger partial charge in [0, 0.05) is 37.3 Å². The Morgan fingerprint density at radius 3 is 3.11 bits per heavy atom. The molecule has 1 saturated heterocycles. The van der Waals surface area contributed by atoms with Gasteiger partial charge in [-0.05, 0) is 6.92 Å². The number of amides is 2. The monoisotopic (exact) mass is 268 g/mol. The molecule has 6 nitrogen and oxygen atoms in total. The molecule has 0 spiro atoms. The number of rotatable bonds is 5. The third kappa shape index (κ3) is 3.49. The van der Waals surface area contributed by atoms with E-state index in [1.165, 1.54) is 11.8 Å². The molecule has 18 heavy (non-hydrogen) atoms. The maximum absolute atomic E-state index is 11.7. The molecule has 0 aromatic carbocycles. The lowest BCUT2D eigenvalue weighted by Gasteiger charge is -2.18. The summed E-state index contributed by atoms with van der Waals surface area (Å²) in [7, 11) is 0. The number of nitrogens with one attached hydrogen (secondary N) is 1. The normalized spacial score (nSPS) is 16.9. The van der Waals surface area contributed by atoms with Crippen molar-refractivity contribution in [1.29, 1.82) is 0 Å². The molecule has 2 amide bonds. The fourth-order valence-corrected chi connectivity index (χ4v) is 2.64. The lowest BCUT2D eigenvalue weighted by Crippen LogP contribution is -2.42. The Labute approximate surface area is 110 Å². The quantitative estimate of drug-likeness (QED) is 0.847. The number of thioether (sulfide) groups is 1. The average Bonchev–Trinajstić information content (AvgIpc) is 2.91. The van der Waals surface area contributed by atoms with Gasteiger partial charge in [-0.25, -0.2) is 4.98 Å². The van der Waals surface area contributed by atoms with Crippen molar-refractivity contribution in [3.05, 3.63) is 18.7 Å². The second kappa shape index (κ2) is 5.90. The Morgan fingerprint density at radius 1 is 1.67 bits per heavy atom. The molecule has 1 aromatic rings. The summed E-state index contributed by atoms with van der Waals surface area (Å²) in [6.07, 6.45) is 5.27. The fourth-order valence-electron chi connectivity index (χ4n) is 1.82. The topological polar surface area (TPSA) is 67.2 Å². The van der Waals surface area contributed by atoms with E-state index in [-0.39, 0.29) is 23.7 Å². The Hall–Kier alpha value is -1.50. The van der Waals surface area contributed by atoms with Crippen LogP contribution in [0.3, 0.4) is 0 Å². The molecular weight excluding hydrogens is 252 g/mol. The van der Waals surface area contributed by atoms with Crippen molar-refractivity contribution in [3.63, 3.8) is 0 Å². The minimum Gasteiger partial charge on any atom is -0.350 e. The molecule has 0 aliphatic carbocycles. The predicted octanol–water partition coefficient (Wildman–Crippen LogP) is 0.557. The minimum atomic E-state index is -0.113. The van der Waals surface area contributed by atoms with Crippen LogP contribution in [0, 0.1) is 0 Å². The maximum Gasteiger partial charge on any atom is 0.282 e. The van der Waals surface area contributed by atoms with E-state index in [0.29, 0.717) is 13.1 Å². The van der Waals surface area contributed by atoms with Gasteiger partial charge in [0.25, 0.3) is 5.24 Å². The molecule has 98 valence electrons. The number of carbonyl (C=O) groups is 2. The van der Waals surface area contributed by atoms with E-state index in [2.05, 4.69) is 10.3 Å². The van der Waals surface area contributed by atoms with E-state index in [0.717, 1.165) is 5.75 Å². The molecule has 1 aliphatic heterocycles. The molecule has 2 rings (SSSR count). The highest BCUT2D eigenvalue weighted by molar-refractivity contribution is 8.13. The number of hydrogen-bond donors (Lipinski definition) is 1. The van der Waals surface area contributed by atoms with Crippen LogP contribution in [0.15, 0.2) is 18.7 Å². The van der Waals surface area contributed by atoms with Gasteiger partial charge in [0.15, 0.2) is 0 Å². The van der Waals surface area contributed by atoms with Gasteiger partial charge in [-0.3, -0.25) is 9.59 Å². The summed E-state index contributed by atoms with van der Waals surface area (Å²) in [5, 5.41) is 2.87. The fraction of sp³-hybridized carbons (Fsp3) is 0.545. The molecule has 1 fully saturated rings. The van der Waals surface area contributed by atoms with Gasteiger partial charge in [0.1, 0.15) is 6.54 Å². The zero-order valence-corrected chi connectivity index (χ0v) is 11.0. The second-order valence-corrected chi connectivity index (χ2v) is 5.31. The number of nitrogens with zero attached hydrogens (tertiary/aromatic N) is 3. The highest BCUT2D eigenvalue weighted by Gasteiger charge is 2.23. The molecule has 1 aromatic heterocycles. The average molecular weight is 268 g/mol. The molecule has 2 heterocycles. The number of aromatic nitrogens is 2. The molecular formula is C11H16N4O2S. The maximum atomic E-state index is 11.7. The Morgan fingerprint density at radius 2 is 2.50 bits per heavy atom. The summed E-state index contributed by atoms with van der Waals surface area (Å²) < 4.78 is 1.90. The van der Waals surface area contributed by atoms with E-state index < -0.39 is 0 Å². The Balaban J connectivity index is 1.75. The molecule has 7 heteroatoms. The van der Waals surface area contributed by atoms with Crippen LogP contribution in [0.1, 0.15) is 6.92 Å². The molecule has 0 bridgehead atoms. The first-order valence-electron chi connectivity index (χ1n) is 5.82. The molecule has 0 saturated carbocycles. The molecule has 0 radical (unpaired) electrons. The summed E-state index contributed by atoms with van der Waals surface area (Å²) in [5.74, 6) is 0.662. The number of imidazole rings is 1. The third-order valence-corrected chi connectivity index (χ3v) is 3.52. The first kappa shape index (κ1) is 12.9. The van der Waals surface area contributed by atoms with Crippen LogP contribution in [0.4, 0.5) is 4.79 Å². The lowest BCUT2D eigenvalue weighted by atomic mass is 10.3. The van der Waals surface area contributed by atoms with Crippen LogP contribution in [0.5, 0.6) is 0 Å². The lowest BCUT2D eigenvalue weighted by molar-refractivity contribution is -0.122. The zero-order chi connectivity index (χ0) is 13.0. The van der Waals surface area contributed by atoms with Crippen LogP contribution in [-0.4, -0.2) is 50.5 Å².